The molecule has 0 atom stereocenters. The zero-order valence-corrected chi connectivity index (χ0v) is 18.1. The third-order valence-corrected chi connectivity index (χ3v) is 7.25. The summed E-state index contributed by atoms with van der Waals surface area (Å²) in [6.07, 6.45) is 8.88. The molecule has 1 aliphatic heterocycles. The molecule has 2 aromatic heterocycles. The van der Waals surface area contributed by atoms with Crippen LogP contribution < -0.4 is 4.90 Å². The smallest absolute Gasteiger partial charge is 0.219 e. The molecule has 0 bridgehead atoms. The monoisotopic (exact) mass is 418 g/mol. The van der Waals surface area contributed by atoms with Crippen molar-refractivity contribution in [2.75, 3.05) is 31.1 Å². The van der Waals surface area contributed by atoms with Crippen LogP contribution in [0.25, 0.3) is 22.4 Å². The van der Waals surface area contributed by atoms with E-state index in [1.165, 1.54) is 28.7 Å². The van der Waals surface area contributed by atoms with Crippen LogP contribution in [0.2, 0.25) is 0 Å². The molecule has 0 radical (unpaired) electrons. The Labute approximate surface area is 181 Å². The normalized spacial score (nSPS) is 17.0. The lowest BCUT2D eigenvalue weighted by Crippen LogP contribution is -2.48. The van der Waals surface area contributed by atoms with E-state index in [0.29, 0.717) is 0 Å². The maximum absolute atomic E-state index is 11.8. The van der Waals surface area contributed by atoms with Gasteiger partial charge in [-0.2, -0.15) is 0 Å². The highest BCUT2D eigenvalue weighted by atomic mass is 32.1. The van der Waals surface area contributed by atoms with Gasteiger partial charge in [0.2, 0.25) is 5.91 Å². The van der Waals surface area contributed by atoms with Crippen LogP contribution in [0.15, 0.2) is 30.3 Å². The topological polar surface area (TPSA) is 49.3 Å². The van der Waals surface area contributed by atoms with Gasteiger partial charge < -0.3 is 9.80 Å². The van der Waals surface area contributed by atoms with Gasteiger partial charge in [0.15, 0.2) is 5.82 Å². The molecule has 0 saturated carbocycles. The third kappa shape index (κ3) is 3.72. The van der Waals surface area contributed by atoms with Crippen molar-refractivity contribution in [1.29, 1.82) is 0 Å². The van der Waals surface area contributed by atoms with Crippen LogP contribution in [0.4, 0.5) is 5.82 Å². The minimum atomic E-state index is 0.155. The molecule has 154 valence electrons. The molecule has 1 aliphatic carbocycles. The number of hydrogen-bond acceptors (Lipinski definition) is 5. The summed E-state index contributed by atoms with van der Waals surface area (Å²) < 4.78 is 0. The van der Waals surface area contributed by atoms with Crippen LogP contribution in [0.3, 0.4) is 0 Å². The van der Waals surface area contributed by atoms with E-state index >= 15 is 0 Å². The summed E-state index contributed by atoms with van der Waals surface area (Å²) in [6.45, 7) is 4.79. The molecule has 0 N–H and O–H groups in total. The fourth-order valence-corrected chi connectivity index (χ4v) is 5.69. The Balaban J connectivity index is 1.55. The van der Waals surface area contributed by atoms with E-state index in [9.17, 15) is 4.79 Å². The Kier molecular flexibility index (Phi) is 5.25. The first-order valence-electron chi connectivity index (χ1n) is 10.7. The summed E-state index contributed by atoms with van der Waals surface area (Å²) in [7, 11) is 0. The largest absolute Gasteiger partial charge is 0.352 e. The molecule has 1 aromatic carbocycles. The lowest BCUT2D eigenvalue weighted by Gasteiger charge is -2.35. The number of hydrogen-bond donors (Lipinski definition) is 0. The standard InChI is InChI=1S/C24H26N4OS/c1-17(29)27-13-15-28(16-14-27)23-22-19-9-5-6-10-20(19)30-24(22)26-21(25-23)12-11-18-7-3-2-4-8-18/h2-4,7-8,11-12H,5-6,9-10,13-16H2,1H3/b12-11+. The summed E-state index contributed by atoms with van der Waals surface area (Å²) in [5.74, 6) is 1.96. The van der Waals surface area contributed by atoms with Gasteiger partial charge in [-0.1, -0.05) is 36.4 Å². The minimum Gasteiger partial charge on any atom is -0.352 e. The van der Waals surface area contributed by atoms with Crippen LogP contribution in [0.1, 0.15) is 41.6 Å². The number of piperazine rings is 1. The fourth-order valence-electron chi connectivity index (χ4n) is 4.43. The van der Waals surface area contributed by atoms with Crippen LogP contribution in [-0.2, 0) is 17.6 Å². The van der Waals surface area contributed by atoms with Crippen LogP contribution >= 0.6 is 11.3 Å². The average molecular weight is 419 g/mol. The van der Waals surface area contributed by atoms with Gasteiger partial charge in [0.1, 0.15) is 10.6 Å². The first kappa shape index (κ1) is 19.2. The van der Waals surface area contributed by atoms with Crippen molar-refractivity contribution in [3.8, 4) is 0 Å². The second-order valence-electron chi connectivity index (χ2n) is 8.03. The molecular weight excluding hydrogens is 392 g/mol. The van der Waals surface area contributed by atoms with E-state index in [1.807, 2.05) is 40.5 Å². The molecule has 30 heavy (non-hydrogen) atoms. The zero-order valence-electron chi connectivity index (χ0n) is 17.3. The third-order valence-electron chi connectivity index (χ3n) is 6.06. The predicted octanol–water partition coefficient (Wildman–Crippen LogP) is 4.41. The highest BCUT2D eigenvalue weighted by Gasteiger charge is 2.26. The summed E-state index contributed by atoms with van der Waals surface area (Å²) in [5, 5.41) is 1.25. The quantitative estimate of drug-likeness (QED) is 0.632. The molecule has 5 rings (SSSR count). The maximum atomic E-state index is 11.8. The van der Waals surface area contributed by atoms with Gasteiger partial charge >= 0.3 is 0 Å². The Bertz CT molecular complexity index is 1100. The number of nitrogens with zero attached hydrogens (tertiary/aromatic N) is 4. The van der Waals surface area contributed by atoms with E-state index in [2.05, 4.69) is 23.1 Å². The van der Waals surface area contributed by atoms with Crippen molar-refractivity contribution in [2.24, 2.45) is 0 Å². The summed E-state index contributed by atoms with van der Waals surface area (Å²) in [6, 6.07) is 10.3. The fraction of sp³-hybridized carbons (Fsp3) is 0.375. The summed E-state index contributed by atoms with van der Waals surface area (Å²) >= 11 is 1.84. The molecule has 3 heterocycles. The molecule has 1 saturated heterocycles. The number of carbonyl (C=O) groups is 1. The van der Waals surface area contributed by atoms with Crippen LogP contribution in [-0.4, -0.2) is 47.0 Å². The number of rotatable bonds is 3. The minimum absolute atomic E-state index is 0.155. The van der Waals surface area contributed by atoms with Gasteiger partial charge in [-0.05, 0) is 42.9 Å². The maximum Gasteiger partial charge on any atom is 0.219 e. The number of anilines is 1. The Hall–Kier alpha value is -2.73. The van der Waals surface area contributed by atoms with Crippen molar-refractivity contribution in [2.45, 2.75) is 32.6 Å². The van der Waals surface area contributed by atoms with Gasteiger partial charge in [0.05, 0.1) is 5.39 Å². The van der Waals surface area contributed by atoms with Gasteiger partial charge in [-0.3, -0.25) is 4.79 Å². The molecule has 3 aromatic rings. The SMILES string of the molecule is CC(=O)N1CCN(c2nc(/C=C/c3ccccc3)nc3sc4c(c23)CCCC4)CC1. The highest BCUT2D eigenvalue weighted by Crippen LogP contribution is 2.40. The first-order chi connectivity index (χ1) is 14.7. The highest BCUT2D eigenvalue weighted by molar-refractivity contribution is 7.19. The molecule has 2 aliphatic rings. The van der Waals surface area contributed by atoms with Crippen molar-refractivity contribution in [3.63, 3.8) is 0 Å². The molecule has 6 heteroatoms. The number of carbonyl (C=O) groups excluding carboxylic acids is 1. The lowest BCUT2D eigenvalue weighted by atomic mass is 9.97. The number of fused-ring (bicyclic) bond motifs is 3. The number of amides is 1. The van der Waals surface area contributed by atoms with E-state index in [0.717, 1.165) is 61.1 Å². The summed E-state index contributed by atoms with van der Waals surface area (Å²) in [5.41, 5.74) is 2.60. The predicted molar refractivity (Wildman–Crippen MR) is 124 cm³/mol. The number of benzene rings is 1. The number of thiophene rings is 1. The van der Waals surface area contributed by atoms with Crippen molar-refractivity contribution in [3.05, 3.63) is 52.2 Å². The first-order valence-corrected chi connectivity index (χ1v) is 11.6. The Morgan fingerprint density at radius 2 is 1.77 bits per heavy atom. The Morgan fingerprint density at radius 1 is 1.00 bits per heavy atom. The lowest BCUT2D eigenvalue weighted by molar-refractivity contribution is -0.129. The van der Waals surface area contributed by atoms with Crippen molar-refractivity contribution >= 4 is 45.4 Å². The zero-order chi connectivity index (χ0) is 20.5. The molecule has 0 spiro atoms. The van der Waals surface area contributed by atoms with Crippen LogP contribution in [0, 0.1) is 0 Å². The summed E-state index contributed by atoms with van der Waals surface area (Å²) in [4.78, 5) is 28.6. The second-order valence-corrected chi connectivity index (χ2v) is 9.12. The van der Waals surface area contributed by atoms with E-state index in [1.54, 1.807) is 6.92 Å². The molecule has 5 nitrogen and oxygen atoms in total. The second kappa shape index (κ2) is 8.19. The van der Waals surface area contributed by atoms with E-state index in [-0.39, 0.29) is 5.91 Å². The van der Waals surface area contributed by atoms with Gasteiger partial charge in [-0.15, -0.1) is 11.3 Å². The molecule has 1 amide bonds. The molecular formula is C24H26N4OS. The van der Waals surface area contributed by atoms with Gasteiger partial charge in [0.25, 0.3) is 0 Å². The van der Waals surface area contributed by atoms with E-state index in [4.69, 9.17) is 9.97 Å². The molecule has 1 fully saturated rings. The van der Waals surface area contributed by atoms with Crippen molar-refractivity contribution < 1.29 is 4.79 Å². The Morgan fingerprint density at radius 3 is 2.53 bits per heavy atom. The van der Waals surface area contributed by atoms with Crippen molar-refractivity contribution in [1.82, 2.24) is 14.9 Å². The van der Waals surface area contributed by atoms with Crippen LogP contribution in [0.5, 0.6) is 0 Å². The molecule has 0 unspecified atom stereocenters. The average Bonchev–Trinajstić information content (AvgIpc) is 3.16. The van der Waals surface area contributed by atoms with Gasteiger partial charge in [-0.25, -0.2) is 9.97 Å². The van der Waals surface area contributed by atoms with Gasteiger partial charge in [0, 0.05) is 38.0 Å². The number of aryl methyl sites for hydroxylation is 2. The number of aromatic nitrogens is 2. The van der Waals surface area contributed by atoms with E-state index < -0.39 is 0 Å².